The predicted molar refractivity (Wildman–Crippen MR) is 182 cm³/mol. The summed E-state index contributed by atoms with van der Waals surface area (Å²) in [6.07, 6.45) is 0. The smallest absolute Gasteiger partial charge is 0.284 e. The molecule has 0 aliphatic carbocycles. The van der Waals surface area contributed by atoms with E-state index < -0.39 is 0 Å². The summed E-state index contributed by atoms with van der Waals surface area (Å²) < 4.78 is 0. The largest absolute Gasteiger partial charge is 0.331 e. The van der Waals surface area contributed by atoms with Gasteiger partial charge in [-0.3, -0.25) is 29.6 Å². The van der Waals surface area contributed by atoms with Gasteiger partial charge in [-0.05, 0) is 93.5 Å². The molecule has 0 atom stereocenters. The van der Waals surface area contributed by atoms with Crippen LogP contribution in [0, 0.1) is 0 Å². The molecule has 0 saturated carbocycles. The van der Waals surface area contributed by atoms with Crippen LogP contribution in [0.2, 0.25) is 0 Å². The van der Waals surface area contributed by atoms with Gasteiger partial charge < -0.3 is 0 Å². The fourth-order valence-electron chi connectivity index (χ4n) is 4.13. The number of benzene rings is 2. The van der Waals surface area contributed by atoms with Crippen LogP contribution in [-0.4, -0.2) is 67.1 Å². The lowest BCUT2D eigenvalue weighted by molar-refractivity contribution is 0.219. The molecule has 2 aliphatic heterocycles. The highest BCUT2D eigenvalue weighted by Crippen LogP contribution is 2.30. The number of anilines is 2. The first-order valence-corrected chi connectivity index (χ1v) is 16.3. The molecule has 2 fully saturated rings. The molecule has 2 aromatic carbocycles. The number of hydrogen-bond acceptors (Lipinski definition) is 6. The quantitative estimate of drug-likeness (QED) is 0.349. The summed E-state index contributed by atoms with van der Waals surface area (Å²) >= 11 is 3.23. The first-order chi connectivity index (χ1) is 19.6. The van der Waals surface area contributed by atoms with E-state index in [0.29, 0.717) is 11.8 Å². The Morgan fingerprint density at radius 1 is 0.595 bits per heavy atom. The Balaban J connectivity index is 0.000000230. The summed E-state index contributed by atoms with van der Waals surface area (Å²) in [7, 11) is 0. The van der Waals surface area contributed by atoms with E-state index in [1.807, 2.05) is 130 Å². The molecule has 0 bridgehead atoms. The van der Waals surface area contributed by atoms with Crippen LogP contribution in [0.25, 0.3) is 0 Å². The molecule has 228 valence electrons. The average Bonchev–Trinajstić information content (AvgIpc) is 2.88. The minimum Gasteiger partial charge on any atom is -0.284 e. The lowest BCUT2D eigenvalue weighted by atomic mass is 10.1. The highest BCUT2D eigenvalue weighted by Gasteiger charge is 2.36. The Morgan fingerprint density at radius 3 is 1.17 bits per heavy atom. The van der Waals surface area contributed by atoms with Crippen molar-refractivity contribution in [1.29, 1.82) is 0 Å². The fourth-order valence-corrected chi connectivity index (χ4v) is 6.67. The molecular weight excluding hydrogens is 565 g/mol. The SMILES string of the molecule is CC(C)N1C(=O)N(c2ccccc2)CS/C1=N\C(C)(C)C.CC(C)N1C(=O)N(c2ccccc2)CS/C1=N\C(C)(C)C. The third kappa shape index (κ3) is 9.01. The zero-order chi connectivity index (χ0) is 31.2. The number of rotatable bonds is 4. The van der Waals surface area contributed by atoms with Crippen molar-refractivity contribution in [3.63, 3.8) is 0 Å². The maximum atomic E-state index is 12.8. The maximum Gasteiger partial charge on any atom is 0.331 e. The number of amidine groups is 2. The Hall–Kier alpha value is -2.98. The minimum absolute atomic E-state index is 0.00190. The van der Waals surface area contributed by atoms with Gasteiger partial charge in [0, 0.05) is 23.5 Å². The lowest BCUT2D eigenvalue weighted by Crippen LogP contribution is -2.53. The second-order valence-corrected chi connectivity index (χ2v) is 14.5. The van der Waals surface area contributed by atoms with Gasteiger partial charge in [-0.25, -0.2) is 9.59 Å². The van der Waals surface area contributed by atoms with Gasteiger partial charge in [0.15, 0.2) is 10.3 Å². The number of carbonyl (C=O) groups is 2. The molecule has 0 unspecified atom stereocenters. The highest BCUT2D eigenvalue weighted by molar-refractivity contribution is 8.14. The number of carbonyl (C=O) groups excluding carboxylic acids is 2. The Morgan fingerprint density at radius 2 is 0.905 bits per heavy atom. The van der Waals surface area contributed by atoms with E-state index in [-0.39, 0.29) is 35.2 Å². The number of hydrogen-bond donors (Lipinski definition) is 0. The van der Waals surface area contributed by atoms with Crippen LogP contribution in [0.5, 0.6) is 0 Å². The Bertz CT molecular complexity index is 1170. The van der Waals surface area contributed by atoms with Crippen molar-refractivity contribution in [2.24, 2.45) is 9.98 Å². The second kappa shape index (κ2) is 14.0. The number of nitrogens with zero attached hydrogens (tertiary/aromatic N) is 6. The van der Waals surface area contributed by atoms with Crippen LogP contribution in [0.3, 0.4) is 0 Å². The Labute approximate surface area is 260 Å². The molecule has 2 heterocycles. The van der Waals surface area contributed by atoms with E-state index in [2.05, 4.69) is 0 Å². The molecule has 0 radical (unpaired) electrons. The molecule has 2 saturated heterocycles. The molecular formula is C32H46N6O2S2. The van der Waals surface area contributed by atoms with Gasteiger partial charge in [0.05, 0.1) is 22.8 Å². The van der Waals surface area contributed by atoms with Gasteiger partial charge in [0.25, 0.3) is 0 Å². The first kappa shape index (κ1) is 33.5. The van der Waals surface area contributed by atoms with E-state index >= 15 is 0 Å². The maximum absolute atomic E-state index is 12.8. The average molecular weight is 611 g/mol. The van der Waals surface area contributed by atoms with Crippen LogP contribution in [0.4, 0.5) is 21.0 Å². The normalized spacial score (nSPS) is 18.8. The Kier molecular flexibility index (Phi) is 11.2. The number of thioether (sulfide) groups is 2. The van der Waals surface area contributed by atoms with Crippen molar-refractivity contribution in [3.05, 3.63) is 60.7 Å². The number of urea groups is 2. The molecule has 42 heavy (non-hydrogen) atoms. The van der Waals surface area contributed by atoms with Gasteiger partial charge in [-0.2, -0.15) is 0 Å². The lowest BCUT2D eigenvalue weighted by Gasteiger charge is -2.38. The van der Waals surface area contributed by atoms with Gasteiger partial charge in [0.1, 0.15) is 0 Å². The van der Waals surface area contributed by atoms with Crippen LogP contribution < -0.4 is 9.80 Å². The topological polar surface area (TPSA) is 71.8 Å². The minimum atomic E-state index is -0.190. The summed E-state index contributed by atoms with van der Waals surface area (Å²) in [4.78, 5) is 42.2. The number of amides is 4. The van der Waals surface area contributed by atoms with E-state index in [0.717, 1.165) is 21.7 Å². The van der Waals surface area contributed by atoms with Crippen molar-refractivity contribution < 1.29 is 9.59 Å². The molecule has 0 N–H and O–H groups in total. The summed E-state index contributed by atoms with van der Waals surface area (Å²) in [5.74, 6) is 1.20. The summed E-state index contributed by atoms with van der Waals surface area (Å²) in [6, 6.07) is 19.7. The molecule has 2 aliphatic rings. The zero-order valence-corrected chi connectivity index (χ0v) is 28.3. The van der Waals surface area contributed by atoms with Gasteiger partial charge in [-0.15, -0.1) is 0 Å². The molecule has 0 spiro atoms. The third-order valence-electron chi connectivity index (χ3n) is 5.96. The molecule has 8 nitrogen and oxygen atoms in total. The standard InChI is InChI=1S/2C16H23N3OS/c2*1-12(2)19-14(17-16(3,4)5)21-11-18(15(19)20)13-9-7-6-8-10-13/h2*6-10,12H,11H2,1-5H3/b2*17-14-. The van der Waals surface area contributed by atoms with Crippen LogP contribution in [0.1, 0.15) is 69.2 Å². The monoisotopic (exact) mass is 610 g/mol. The molecule has 10 heteroatoms. The summed E-state index contributed by atoms with van der Waals surface area (Å²) in [6.45, 7) is 20.4. The van der Waals surface area contributed by atoms with Crippen LogP contribution in [0.15, 0.2) is 70.6 Å². The van der Waals surface area contributed by atoms with Crippen molar-refractivity contribution in [2.45, 2.75) is 92.4 Å². The van der Waals surface area contributed by atoms with Gasteiger partial charge in [-0.1, -0.05) is 59.9 Å². The highest BCUT2D eigenvalue weighted by atomic mass is 32.2. The van der Waals surface area contributed by atoms with Crippen molar-refractivity contribution in [2.75, 3.05) is 21.6 Å². The molecule has 4 amide bonds. The second-order valence-electron chi connectivity index (χ2n) is 12.7. The molecule has 0 aromatic heterocycles. The number of para-hydroxylation sites is 2. The van der Waals surface area contributed by atoms with E-state index in [1.54, 1.807) is 43.1 Å². The predicted octanol–water partition coefficient (Wildman–Crippen LogP) is 8.36. The first-order valence-electron chi connectivity index (χ1n) is 14.4. The molecule has 2 aromatic rings. The van der Waals surface area contributed by atoms with Crippen LogP contribution >= 0.6 is 23.5 Å². The van der Waals surface area contributed by atoms with Crippen molar-refractivity contribution in [1.82, 2.24) is 9.80 Å². The van der Waals surface area contributed by atoms with Gasteiger partial charge >= 0.3 is 12.1 Å². The zero-order valence-electron chi connectivity index (χ0n) is 26.7. The third-order valence-corrected chi connectivity index (χ3v) is 7.83. The van der Waals surface area contributed by atoms with Crippen molar-refractivity contribution >= 4 is 57.3 Å². The molecule has 4 rings (SSSR count). The van der Waals surface area contributed by atoms with E-state index in [4.69, 9.17) is 9.98 Å². The number of aliphatic imine (C=N–C) groups is 2. The summed E-state index contributed by atoms with van der Waals surface area (Å²) in [5, 5.41) is 1.63. The van der Waals surface area contributed by atoms with Crippen LogP contribution in [-0.2, 0) is 0 Å². The van der Waals surface area contributed by atoms with E-state index in [9.17, 15) is 9.59 Å². The van der Waals surface area contributed by atoms with Crippen molar-refractivity contribution in [3.8, 4) is 0 Å². The van der Waals surface area contributed by atoms with E-state index in [1.165, 1.54) is 0 Å². The van der Waals surface area contributed by atoms with Gasteiger partial charge in [0.2, 0.25) is 0 Å². The summed E-state index contributed by atoms with van der Waals surface area (Å²) in [5.41, 5.74) is 1.47. The fraction of sp³-hybridized carbons (Fsp3) is 0.500.